The molecule has 3 heterocycles. The van der Waals surface area contributed by atoms with Crippen LogP contribution in [-0.2, 0) is 47.7 Å². The molecule has 3 rings (SSSR count). The second-order valence-corrected chi connectivity index (χ2v) is 11.6. The molecule has 4 amide bonds. The Balaban J connectivity index is 2.09. The molecular weight excluding hydrogens is 634 g/mol. The zero-order valence-electron chi connectivity index (χ0n) is 26.7. The van der Waals surface area contributed by atoms with Gasteiger partial charge in [0.2, 0.25) is 23.6 Å². The van der Waals surface area contributed by atoms with Crippen LogP contribution in [0.3, 0.4) is 0 Å². The number of rotatable bonds is 11. The first kappa shape index (κ1) is 38.4. The lowest BCUT2D eigenvalue weighted by Crippen LogP contribution is -2.74. The van der Waals surface area contributed by atoms with Crippen LogP contribution in [-0.4, -0.2) is 161 Å². The monoisotopic (exact) mass is 679 g/mol. The van der Waals surface area contributed by atoms with Crippen molar-refractivity contribution in [2.75, 3.05) is 13.7 Å². The first-order valence-corrected chi connectivity index (χ1v) is 14.9. The first-order valence-electron chi connectivity index (χ1n) is 14.9. The van der Waals surface area contributed by atoms with Gasteiger partial charge in [-0.1, -0.05) is 0 Å². The Morgan fingerprint density at radius 3 is 1.66 bits per heavy atom. The SMILES string of the molecule is CN[C@@H]1[C@H](O[C@@H]2O[C@H](C(=O)O)[C@@H](O[C@H]3O[C@H](CO)[C@@H](O)[C@H](O)[C@H]3NC(C)=O)[C@H](NC(C)=O)[C@@H]2NC(C)=O)[C@@H](NC(C)=O)[C@@H](O)O[C@@H]1C. The maximum absolute atomic E-state index is 12.7. The van der Waals surface area contributed by atoms with Crippen molar-refractivity contribution < 1.29 is 73.2 Å². The number of hydrogen-bond donors (Lipinski definition) is 10. The van der Waals surface area contributed by atoms with Crippen molar-refractivity contribution in [2.45, 2.75) is 126 Å². The molecule has 0 unspecified atom stereocenters. The average molecular weight is 680 g/mol. The van der Waals surface area contributed by atoms with E-state index in [2.05, 4.69) is 26.6 Å². The van der Waals surface area contributed by atoms with E-state index >= 15 is 0 Å². The van der Waals surface area contributed by atoms with Gasteiger partial charge in [-0.25, -0.2) is 4.79 Å². The van der Waals surface area contributed by atoms with Crippen molar-refractivity contribution in [3.63, 3.8) is 0 Å². The van der Waals surface area contributed by atoms with E-state index in [4.69, 9.17) is 23.7 Å². The van der Waals surface area contributed by atoms with Crippen LogP contribution in [0.2, 0.25) is 0 Å². The molecule has 0 saturated carbocycles. The largest absolute Gasteiger partial charge is 0.479 e. The van der Waals surface area contributed by atoms with Crippen LogP contribution in [0.15, 0.2) is 0 Å². The molecule has 3 aliphatic rings. The van der Waals surface area contributed by atoms with Gasteiger partial charge >= 0.3 is 5.97 Å². The fourth-order valence-electron chi connectivity index (χ4n) is 6.03. The number of ether oxygens (including phenoxy) is 5. The normalized spacial score (nSPS) is 40.5. The number of hydrogen-bond acceptors (Lipinski definition) is 15. The van der Waals surface area contributed by atoms with Crippen LogP contribution < -0.4 is 26.6 Å². The van der Waals surface area contributed by atoms with E-state index in [1.807, 2.05) is 0 Å². The molecule has 0 aliphatic carbocycles. The Labute approximate surface area is 269 Å². The van der Waals surface area contributed by atoms with E-state index in [-0.39, 0.29) is 0 Å². The molecule has 0 aromatic carbocycles. The third-order valence-corrected chi connectivity index (χ3v) is 8.01. The summed E-state index contributed by atoms with van der Waals surface area (Å²) in [5.74, 6) is -4.23. The summed E-state index contributed by atoms with van der Waals surface area (Å²) in [5, 5.41) is 64.9. The van der Waals surface area contributed by atoms with Gasteiger partial charge in [0, 0.05) is 27.7 Å². The second-order valence-electron chi connectivity index (χ2n) is 11.6. The number of carbonyl (C=O) groups is 5. The lowest BCUT2D eigenvalue weighted by Gasteiger charge is -2.51. The fraction of sp³-hybridized carbons (Fsp3) is 0.815. The zero-order chi connectivity index (χ0) is 35.3. The van der Waals surface area contributed by atoms with Crippen molar-refractivity contribution >= 4 is 29.6 Å². The van der Waals surface area contributed by atoms with E-state index in [1.54, 1.807) is 14.0 Å². The predicted molar refractivity (Wildman–Crippen MR) is 154 cm³/mol. The highest BCUT2D eigenvalue weighted by atomic mass is 16.7. The smallest absolute Gasteiger partial charge is 0.335 e. The molecule has 3 fully saturated rings. The number of aliphatic carboxylic acids is 1. The minimum atomic E-state index is -1.99. The predicted octanol–water partition coefficient (Wildman–Crippen LogP) is -5.65. The summed E-state index contributed by atoms with van der Waals surface area (Å²) < 4.78 is 29.3. The standard InChI is InChI=1S/C27H45N5O15/c1-8-14(28-6)21(18(25(42)43-8)32-12(5)37)45-26-16(30-10(3)35)15(29-9(2)34)22(23(47-26)24(40)41)46-27-17(31-11(4)36)20(39)19(38)13(7-33)44-27/h8,13-23,25-28,33,38-39,42H,7H2,1-6H3,(H,29,34)(H,30,35)(H,31,36)(H,32,37)(H,40,41)/t8-,13-,14+,15-,16+,17-,18-,19-,20-,21+,22+,23+,25+,26-,27-/m1/s1. The van der Waals surface area contributed by atoms with Crippen LogP contribution in [0, 0.1) is 0 Å². The number of carbonyl (C=O) groups excluding carboxylic acids is 4. The van der Waals surface area contributed by atoms with Gasteiger partial charge in [-0.3, -0.25) is 19.2 Å². The molecule has 3 saturated heterocycles. The molecule has 0 bridgehead atoms. The van der Waals surface area contributed by atoms with Crippen molar-refractivity contribution in [3.05, 3.63) is 0 Å². The van der Waals surface area contributed by atoms with Crippen LogP contribution >= 0.6 is 0 Å². The Hall–Kier alpha value is -3.05. The summed E-state index contributed by atoms with van der Waals surface area (Å²) in [4.78, 5) is 61.7. The molecule has 3 aliphatic heterocycles. The summed E-state index contributed by atoms with van der Waals surface area (Å²) >= 11 is 0. The van der Waals surface area contributed by atoms with E-state index in [1.165, 1.54) is 6.92 Å². The highest BCUT2D eigenvalue weighted by Crippen LogP contribution is 2.32. The average Bonchev–Trinajstić information content (AvgIpc) is 2.96. The van der Waals surface area contributed by atoms with E-state index in [0.29, 0.717) is 0 Å². The third kappa shape index (κ3) is 9.10. The molecule has 0 aromatic rings. The number of carboxylic acids is 1. The Morgan fingerprint density at radius 1 is 0.660 bits per heavy atom. The van der Waals surface area contributed by atoms with Crippen molar-refractivity contribution in [3.8, 4) is 0 Å². The maximum atomic E-state index is 12.7. The highest BCUT2D eigenvalue weighted by molar-refractivity contribution is 5.77. The summed E-state index contributed by atoms with van der Waals surface area (Å²) in [7, 11) is 1.56. The van der Waals surface area contributed by atoms with Gasteiger partial charge in [0.05, 0.1) is 24.8 Å². The van der Waals surface area contributed by atoms with Crippen molar-refractivity contribution in [1.29, 1.82) is 0 Å². The summed E-state index contributed by atoms with van der Waals surface area (Å²) in [5.41, 5.74) is 0. The fourth-order valence-corrected chi connectivity index (χ4v) is 6.03. The number of aliphatic hydroxyl groups excluding tert-OH is 4. The minimum absolute atomic E-state index is 0.554. The molecule has 0 spiro atoms. The summed E-state index contributed by atoms with van der Waals surface area (Å²) in [6.45, 7) is 5.37. The lowest BCUT2D eigenvalue weighted by atomic mass is 9.91. The third-order valence-electron chi connectivity index (χ3n) is 8.01. The summed E-state index contributed by atoms with van der Waals surface area (Å²) in [6.07, 6.45) is -15.4. The van der Waals surface area contributed by atoms with Gasteiger partial charge in [-0.05, 0) is 14.0 Å². The Bertz CT molecular complexity index is 1150. The van der Waals surface area contributed by atoms with Crippen molar-refractivity contribution in [2.24, 2.45) is 0 Å². The van der Waals surface area contributed by atoms with Crippen LogP contribution in [0.1, 0.15) is 34.6 Å². The quantitative estimate of drug-likeness (QED) is 0.0973. The summed E-state index contributed by atoms with van der Waals surface area (Å²) in [6, 6.07) is -6.31. The Kier molecular flexibility index (Phi) is 13.4. The van der Waals surface area contributed by atoms with Gasteiger partial charge in [0.1, 0.15) is 48.6 Å². The molecule has 47 heavy (non-hydrogen) atoms. The number of nitrogens with one attached hydrogen (secondary N) is 5. The molecule has 20 nitrogen and oxygen atoms in total. The molecule has 0 aromatic heterocycles. The van der Waals surface area contributed by atoms with Crippen LogP contribution in [0.4, 0.5) is 0 Å². The van der Waals surface area contributed by atoms with E-state index in [0.717, 1.165) is 20.8 Å². The van der Waals surface area contributed by atoms with Gasteiger partial charge in [-0.2, -0.15) is 0 Å². The number of likely N-dealkylation sites (N-methyl/N-ethyl adjacent to an activating group) is 1. The first-order chi connectivity index (χ1) is 22.0. The van der Waals surface area contributed by atoms with E-state index < -0.39 is 128 Å². The zero-order valence-corrected chi connectivity index (χ0v) is 26.7. The molecule has 268 valence electrons. The van der Waals surface area contributed by atoms with Crippen molar-refractivity contribution in [1.82, 2.24) is 26.6 Å². The topological polar surface area (TPSA) is 293 Å². The van der Waals surface area contributed by atoms with Crippen LogP contribution in [0.5, 0.6) is 0 Å². The van der Waals surface area contributed by atoms with Crippen LogP contribution in [0.25, 0.3) is 0 Å². The maximum Gasteiger partial charge on any atom is 0.335 e. The molecule has 10 N–H and O–H groups in total. The molecule has 0 radical (unpaired) electrons. The molecule has 20 heteroatoms. The number of amides is 4. The lowest BCUT2D eigenvalue weighted by molar-refractivity contribution is -0.326. The van der Waals surface area contributed by atoms with Gasteiger partial charge in [-0.15, -0.1) is 0 Å². The molecular formula is C27H45N5O15. The number of carboxylic acid groups (broad SMARTS) is 1. The van der Waals surface area contributed by atoms with Gasteiger partial charge in [0.15, 0.2) is 25.0 Å². The highest BCUT2D eigenvalue weighted by Gasteiger charge is 2.56. The molecule has 15 atom stereocenters. The number of aliphatic hydroxyl groups is 4. The second kappa shape index (κ2) is 16.4. The van der Waals surface area contributed by atoms with Gasteiger partial charge in [0.25, 0.3) is 0 Å². The minimum Gasteiger partial charge on any atom is -0.479 e. The Morgan fingerprint density at radius 2 is 1.15 bits per heavy atom. The van der Waals surface area contributed by atoms with Gasteiger partial charge < -0.3 is 75.8 Å². The van der Waals surface area contributed by atoms with E-state index in [9.17, 15) is 49.5 Å².